The van der Waals surface area contributed by atoms with E-state index in [2.05, 4.69) is 43.2 Å². The van der Waals surface area contributed by atoms with Crippen LogP contribution in [0.2, 0.25) is 0 Å². The second-order valence-electron chi connectivity index (χ2n) is 6.10. The molecular formula is C17H21FN2. The van der Waals surface area contributed by atoms with Gasteiger partial charge in [-0.15, -0.1) is 0 Å². The average Bonchev–Trinajstić information content (AvgIpc) is 2.38. The van der Waals surface area contributed by atoms with Crippen molar-refractivity contribution < 1.29 is 4.39 Å². The van der Waals surface area contributed by atoms with Crippen LogP contribution in [-0.4, -0.2) is 4.98 Å². The second kappa shape index (κ2) is 5.61. The van der Waals surface area contributed by atoms with Crippen LogP contribution in [0.15, 0.2) is 42.7 Å². The van der Waals surface area contributed by atoms with E-state index in [9.17, 15) is 4.39 Å². The van der Waals surface area contributed by atoms with Gasteiger partial charge in [0, 0.05) is 11.9 Å². The molecule has 1 atom stereocenters. The smallest absolute Gasteiger partial charge is 0.141 e. The van der Waals surface area contributed by atoms with Crippen molar-refractivity contribution in [2.75, 3.05) is 5.32 Å². The molecule has 106 valence electrons. The molecule has 1 aromatic carbocycles. The van der Waals surface area contributed by atoms with Crippen LogP contribution in [0.5, 0.6) is 0 Å². The molecule has 1 aromatic heterocycles. The number of pyridine rings is 1. The maximum Gasteiger partial charge on any atom is 0.141 e. The molecule has 0 saturated heterocycles. The Morgan fingerprint density at radius 2 is 1.85 bits per heavy atom. The molecule has 1 heterocycles. The van der Waals surface area contributed by atoms with Gasteiger partial charge >= 0.3 is 0 Å². The Bertz CT molecular complexity index is 588. The molecule has 0 radical (unpaired) electrons. The van der Waals surface area contributed by atoms with E-state index in [1.807, 2.05) is 19.1 Å². The molecule has 20 heavy (non-hydrogen) atoms. The van der Waals surface area contributed by atoms with Gasteiger partial charge in [0.15, 0.2) is 0 Å². The van der Waals surface area contributed by atoms with Crippen molar-refractivity contribution in [3.8, 4) is 0 Å². The van der Waals surface area contributed by atoms with E-state index in [0.29, 0.717) is 0 Å². The van der Waals surface area contributed by atoms with E-state index >= 15 is 0 Å². The van der Waals surface area contributed by atoms with E-state index < -0.39 is 0 Å². The van der Waals surface area contributed by atoms with Crippen LogP contribution >= 0.6 is 0 Å². The molecule has 0 saturated carbocycles. The van der Waals surface area contributed by atoms with Crippen molar-refractivity contribution in [3.05, 3.63) is 59.7 Å². The number of rotatable bonds is 3. The van der Waals surface area contributed by atoms with E-state index in [-0.39, 0.29) is 17.3 Å². The summed E-state index contributed by atoms with van der Waals surface area (Å²) in [5.74, 6) is -0.305. The van der Waals surface area contributed by atoms with Crippen LogP contribution in [0.1, 0.15) is 44.9 Å². The van der Waals surface area contributed by atoms with E-state index in [0.717, 1.165) is 11.3 Å². The highest BCUT2D eigenvalue weighted by Gasteiger charge is 2.18. The number of nitrogens with zero attached hydrogens (tertiary/aromatic N) is 1. The van der Waals surface area contributed by atoms with Gasteiger partial charge in [-0.1, -0.05) is 39.0 Å². The number of benzene rings is 1. The van der Waals surface area contributed by atoms with Crippen molar-refractivity contribution in [2.45, 2.75) is 39.2 Å². The van der Waals surface area contributed by atoms with Gasteiger partial charge in [0.05, 0.1) is 12.2 Å². The van der Waals surface area contributed by atoms with Gasteiger partial charge < -0.3 is 5.32 Å². The summed E-state index contributed by atoms with van der Waals surface area (Å²) >= 11 is 0. The van der Waals surface area contributed by atoms with Crippen molar-refractivity contribution in [2.24, 2.45) is 0 Å². The summed E-state index contributed by atoms with van der Waals surface area (Å²) < 4.78 is 13.2. The third-order valence-electron chi connectivity index (χ3n) is 3.33. The zero-order valence-corrected chi connectivity index (χ0v) is 12.4. The lowest BCUT2D eigenvalue weighted by Crippen LogP contribution is -2.16. The predicted molar refractivity (Wildman–Crippen MR) is 81.4 cm³/mol. The van der Waals surface area contributed by atoms with Gasteiger partial charge in [-0.2, -0.15) is 0 Å². The number of halogens is 1. The Morgan fingerprint density at radius 1 is 1.15 bits per heavy atom. The number of nitrogens with one attached hydrogen (secondary N) is 1. The minimum Gasteiger partial charge on any atom is -0.378 e. The van der Waals surface area contributed by atoms with Gasteiger partial charge in [-0.3, -0.25) is 4.98 Å². The van der Waals surface area contributed by atoms with Gasteiger partial charge in [0.1, 0.15) is 5.82 Å². The molecule has 2 rings (SSSR count). The minimum absolute atomic E-state index is 0.00157. The second-order valence-corrected chi connectivity index (χ2v) is 6.10. The quantitative estimate of drug-likeness (QED) is 0.876. The number of para-hydroxylation sites is 1. The van der Waals surface area contributed by atoms with E-state index in [4.69, 9.17) is 0 Å². The van der Waals surface area contributed by atoms with Gasteiger partial charge in [0.2, 0.25) is 0 Å². The maximum absolute atomic E-state index is 13.2. The molecular weight excluding hydrogens is 251 g/mol. The molecule has 0 fully saturated rings. The molecule has 0 aliphatic rings. The van der Waals surface area contributed by atoms with Crippen LogP contribution in [0.3, 0.4) is 0 Å². The number of anilines is 1. The minimum atomic E-state index is -0.305. The molecule has 0 bridgehead atoms. The maximum atomic E-state index is 13.2. The van der Waals surface area contributed by atoms with Crippen LogP contribution in [-0.2, 0) is 5.41 Å². The molecule has 1 unspecified atom stereocenters. The Balaban J connectivity index is 2.26. The molecule has 0 amide bonds. The average molecular weight is 272 g/mol. The van der Waals surface area contributed by atoms with Gasteiger partial charge in [-0.05, 0) is 35.6 Å². The first-order chi connectivity index (χ1) is 9.38. The molecule has 0 aliphatic carbocycles. The highest BCUT2D eigenvalue weighted by atomic mass is 19.1. The SMILES string of the molecule is CC(Nc1ccccc1C(C)(C)C)c1cncc(F)c1. The molecule has 0 spiro atoms. The fraction of sp³-hybridized carbons (Fsp3) is 0.353. The lowest BCUT2D eigenvalue weighted by molar-refractivity contribution is 0.590. The van der Waals surface area contributed by atoms with Gasteiger partial charge in [-0.25, -0.2) is 4.39 Å². The van der Waals surface area contributed by atoms with Crippen molar-refractivity contribution in [1.82, 2.24) is 4.98 Å². The van der Waals surface area contributed by atoms with Crippen LogP contribution in [0.25, 0.3) is 0 Å². The standard InChI is InChI=1S/C17H21FN2/c1-12(13-9-14(18)11-19-10-13)20-16-8-6-5-7-15(16)17(2,3)4/h5-12,20H,1-4H3. The fourth-order valence-electron chi connectivity index (χ4n) is 2.24. The first-order valence-corrected chi connectivity index (χ1v) is 6.84. The van der Waals surface area contributed by atoms with Gasteiger partial charge in [0.25, 0.3) is 0 Å². The summed E-state index contributed by atoms with van der Waals surface area (Å²) in [6.45, 7) is 8.56. The predicted octanol–water partition coefficient (Wildman–Crippen LogP) is 4.69. The van der Waals surface area contributed by atoms with E-state index in [1.165, 1.54) is 17.8 Å². The Kier molecular flexibility index (Phi) is 4.07. The highest BCUT2D eigenvalue weighted by Crippen LogP contribution is 2.31. The monoisotopic (exact) mass is 272 g/mol. The Morgan fingerprint density at radius 3 is 2.50 bits per heavy atom. The summed E-state index contributed by atoms with van der Waals surface area (Å²) in [5.41, 5.74) is 3.23. The third-order valence-corrected chi connectivity index (χ3v) is 3.33. The first-order valence-electron chi connectivity index (χ1n) is 6.84. The van der Waals surface area contributed by atoms with Crippen LogP contribution in [0, 0.1) is 5.82 Å². The fourth-order valence-corrected chi connectivity index (χ4v) is 2.24. The van der Waals surface area contributed by atoms with E-state index in [1.54, 1.807) is 6.20 Å². The topological polar surface area (TPSA) is 24.9 Å². The van der Waals surface area contributed by atoms with Crippen molar-refractivity contribution in [1.29, 1.82) is 0 Å². The summed E-state index contributed by atoms with van der Waals surface area (Å²) in [7, 11) is 0. The molecule has 3 heteroatoms. The summed E-state index contributed by atoms with van der Waals surface area (Å²) in [6.07, 6.45) is 2.92. The Hall–Kier alpha value is -1.90. The molecule has 2 aromatic rings. The van der Waals surface area contributed by atoms with Crippen LogP contribution in [0.4, 0.5) is 10.1 Å². The zero-order chi connectivity index (χ0) is 14.8. The molecule has 0 aliphatic heterocycles. The Labute approximate surface area is 120 Å². The number of hydrogen-bond acceptors (Lipinski definition) is 2. The molecule has 2 nitrogen and oxygen atoms in total. The molecule has 1 N–H and O–H groups in total. The lowest BCUT2D eigenvalue weighted by Gasteiger charge is -2.25. The summed E-state index contributed by atoms with van der Waals surface area (Å²) in [4.78, 5) is 3.90. The van der Waals surface area contributed by atoms with Crippen molar-refractivity contribution >= 4 is 5.69 Å². The highest BCUT2D eigenvalue weighted by molar-refractivity contribution is 5.55. The lowest BCUT2D eigenvalue weighted by atomic mass is 9.85. The number of aromatic nitrogens is 1. The largest absolute Gasteiger partial charge is 0.378 e. The van der Waals surface area contributed by atoms with Crippen molar-refractivity contribution in [3.63, 3.8) is 0 Å². The number of hydrogen-bond donors (Lipinski definition) is 1. The normalized spacial score (nSPS) is 13.1. The third kappa shape index (κ3) is 3.35. The van der Waals surface area contributed by atoms with Crippen LogP contribution < -0.4 is 5.32 Å². The summed E-state index contributed by atoms with van der Waals surface area (Å²) in [6, 6.07) is 9.75. The summed E-state index contributed by atoms with van der Waals surface area (Å²) in [5, 5.41) is 3.45. The first kappa shape index (κ1) is 14.5. The zero-order valence-electron chi connectivity index (χ0n) is 12.4.